The second kappa shape index (κ2) is 15.0. The number of halogens is 1. The number of hydrogen-bond acceptors (Lipinski definition) is 4. The molecule has 0 fully saturated rings. The van der Waals surface area contributed by atoms with Crippen LogP contribution in [0.2, 0.25) is 0 Å². The number of hydrogen-bond donors (Lipinski definition) is 4. The number of aliphatic hydroxyl groups excluding tert-OH is 2. The number of aliphatic hydroxyl groups is 2. The van der Waals surface area contributed by atoms with Crippen LogP contribution in [-0.4, -0.2) is 44.0 Å². The molecule has 2 atom stereocenters. The molecule has 0 saturated carbocycles. The number of benzene rings is 4. The van der Waals surface area contributed by atoms with E-state index in [1.807, 2.05) is 97.4 Å². The van der Waals surface area contributed by atoms with E-state index < -0.39 is 24.6 Å². The Labute approximate surface area is 274 Å². The molecule has 1 aromatic heterocycles. The van der Waals surface area contributed by atoms with Crippen LogP contribution in [0.1, 0.15) is 54.9 Å². The van der Waals surface area contributed by atoms with Gasteiger partial charge in [-0.1, -0.05) is 74.5 Å². The SMILES string of the molecule is CC(C)c1c(C(=O)Nc2ccccc2)cc(-c2ccc(F)cc2)cc1-c1cc(-c2ccccc2)cn1CC[C@H](O)C[C@@H](O)CC(=O)O. The lowest BCUT2D eigenvalue weighted by molar-refractivity contribution is -0.139. The van der Waals surface area contributed by atoms with E-state index in [9.17, 15) is 24.2 Å². The van der Waals surface area contributed by atoms with Crippen molar-refractivity contribution in [3.05, 3.63) is 126 Å². The highest BCUT2D eigenvalue weighted by Crippen LogP contribution is 2.39. The van der Waals surface area contributed by atoms with Crippen LogP contribution in [0.3, 0.4) is 0 Å². The summed E-state index contributed by atoms with van der Waals surface area (Å²) in [7, 11) is 0. The summed E-state index contributed by atoms with van der Waals surface area (Å²) < 4.78 is 16.0. The van der Waals surface area contributed by atoms with Gasteiger partial charge in [-0.05, 0) is 89.0 Å². The maximum atomic E-state index is 14.0. The molecule has 0 spiro atoms. The van der Waals surface area contributed by atoms with Gasteiger partial charge in [0.1, 0.15) is 5.82 Å². The fourth-order valence-electron chi connectivity index (χ4n) is 5.92. The van der Waals surface area contributed by atoms with Crippen molar-refractivity contribution in [2.24, 2.45) is 0 Å². The lowest BCUT2D eigenvalue weighted by Crippen LogP contribution is -2.22. The van der Waals surface area contributed by atoms with E-state index in [1.54, 1.807) is 12.1 Å². The Morgan fingerprint density at radius 3 is 2.06 bits per heavy atom. The maximum absolute atomic E-state index is 14.0. The van der Waals surface area contributed by atoms with Gasteiger partial charge in [-0.2, -0.15) is 0 Å². The number of anilines is 1. The Bertz CT molecular complexity index is 1820. The highest BCUT2D eigenvalue weighted by molar-refractivity contribution is 6.07. The monoisotopic (exact) mass is 634 g/mol. The van der Waals surface area contributed by atoms with Crippen molar-refractivity contribution in [3.63, 3.8) is 0 Å². The lowest BCUT2D eigenvalue weighted by atomic mass is 9.86. The van der Waals surface area contributed by atoms with Crippen LogP contribution in [0, 0.1) is 5.82 Å². The molecule has 5 aromatic rings. The van der Waals surface area contributed by atoms with Crippen molar-refractivity contribution in [3.8, 4) is 33.5 Å². The van der Waals surface area contributed by atoms with Gasteiger partial charge in [0.05, 0.1) is 18.6 Å². The molecule has 1 heterocycles. The van der Waals surface area contributed by atoms with E-state index in [0.29, 0.717) is 17.8 Å². The number of para-hydroxylation sites is 1. The molecule has 4 N–H and O–H groups in total. The summed E-state index contributed by atoms with van der Waals surface area (Å²) in [6.07, 6.45) is -0.313. The first-order valence-corrected chi connectivity index (χ1v) is 15.7. The Kier molecular flexibility index (Phi) is 10.7. The number of nitrogens with zero attached hydrogens (tertiary/aromatic N) is 1. The molecule has 5 rings (SSSR count). The van der Waals surface area contributed by atoms with Gasteiger partial charge in [-0.15, -0.1) is 0 Å². The Morgan fingerprint density at radius 1 is 0.787 bits per heavy atom. The quantitative estimate of drug-likeness (QED) is 0.105. The highest BCUT2D eigenvalue weighted by Gasteiger charge is 2.24. The van der Waals surface area contributed by atoms with Crippen LogP contribution in [0.5, 0.6) is 0 Å². The number of carbonyl (C=O) groups is 2. The zero-order valence-electron chi connectivity index (χ0n) is 26.4. The van der Waals surface area contributed by atoms with Crippen LogP contribution in [0.15, 0.2) is 109 Å². The molecule has 0 bridgehead atoms. The van der Waals surface area contributed by atoms with Crippen molar-refractivity contribution >= 4 is 17.6 Å². The Hall–Kier alpha value is -5.05. The van der Waals surface area contributed by atoms with Gasteiger partial charge in [-0.25, -0.2) is 4.39 Å². The zero-order valence-corrected chi connectivity index (χ0v) is 26.4. The number of nitrogens with one attached hydrogen (secondary N) is 1. The average Bonchev–Trinajstić information content (AvgIpc) is 3.48. The number of amides is 1. The van der Waals surface area contributed by atoms with E-state index in [1.165, 1.54) is 12.1 Å². The third-order valence-corrected chi connectivity index (χ3v) is 8.15. The molecule has 0 aliphatic carbocycles. The van der Waals surface area contributed by atoms with E-state index in [4.69, 9.17) is 5.11 Å². The summed E-state index contributed by atoms with van der Waals surface area (Å²) in [6.45, 7) is 4.44. The van der Waals surface area contributed by atoms with E-state index in [-0.39, 0.29) is 30.5 Å². The normalized spacial score (nSPS) is 12.6. The van der Waals surface area contributed by atoms with Crippen molar-refractivity contribution in [1.29, 1.82) is 0 Å². The Morgan fingerprint density at radius 2 is 1.43 bits per heavy atom. The second-order valence-electron chi connectivity index (χ2n) is 12.1. The number of carbonyl (C=O) groups excluding carboxylic acids is 1. The number of aliphatic carboxylic acids is 1. The average molecular weight is 635 g/mol. The fourth-order valence-corrected chi connectivity index (χ4v) is 5.92. The first-order valence-electron chi connectivity index (χ1n) is 15.7. The largest absolute Gasteiger partial charge is 0.481 e. The van der Waals surface area contributed by atoms with Crippen LogP contribution >= 0.6 is 0 Å². The molecular weight excluding hydrogens is 595 g/mol. The predicted molar refractivity (Wildman–Crippen MR) is 183 cm³/mol. The first-order chi connectivity index (χ1) is 22.6. The van der Waals surface area contributed by atoms with Crippen LogP contribution in [0.25, 0.3) is 33.5 Å². The number of carboxylic acid groups (broad SMARTS) is 1. The third kappa shape index (κ3) is 8.41. The molecule has 1 amide bonds. The van der Waals surface area contributed by atoms with E-state index in [0.717, 1.165) is 39.1 Å². The van der Waals surface area contributed by atoms with Crippen molar-refractivity contribution in [1.82, 2.24) is 4.57 Å². The second-order valence-corrected chi connectivity index (χ2v) is 12.1. The van der Waals surface area contributed by atoms with Gasteiger partial charge in [0.25, 0.3) is 5.91 Å². The van der Waals surface area contributed by atoms with Gasteiger partial charge < -0.3 is 25.2 Å². The lowest BCUT2D eigenvalue weighted by Gasteiger charge is -2.22. The van der Waals surface area contributed by atoms with Gasteiger partial charge in [0.15, 0.2) is 0 Å². The predicted octanol–water partition coefficient (Wildman–Crippen LogP) is 7.98. The molecular formula is C39H39FN2O5. The summed E-state index contributed by atoms with van der Waals surface area (Å²) in [5.74, 6) is -1.82. The van der Waals surface area contributed by atoms with Crippen molar-refractivity contribution < 1.29 is 29.3 Å². The van der Waals surface area contributed by atoms with Crippen molar-refractivity contribution in [2.45, 2.75) is 57.8 Å². The number of rotatable bonds is 13. The zero-order chi connectivity index (χ0) is 33.5. The molecule has 0 aliphatic rings. The third-order valence-electron chi connectivity index (χ3n) is 8.15. The molecule has 242 valence electrons. The molecule has 0 aliphatic heterocycles. The molecule has 0 saturated heterocycles. The number of aryl methyl sites for hydroxylation is 1. The van der Waals surface area contributed by atoms with E-state index >= 15 is 0 Å². The summed E-state index contributed by atoms with van der Waals surface area (Å²) in [5.41, 5.74) is 7.06. The number of carboxylic acids is 1. The van der Waals surface area contributed by atoms with Gasteiger partial charge in [0.2, 0.25) is 0 Å². The fraction of sp³-hybridized carbons (Fsp3) is 0.231. The molecule has 47 heavy (non-hydrogen) atoms. The molecule has 8 heteroatoms. The standard InChI is InChI=1S/C39H39FN2O5/c1-25(2)38-34(19-28(27-13-15-30(40)16-14-27)20-35(38)39(47)41-31-11-7-4-8-12-31)36-21-29(26-9-5-3-6-10-26)24-42(36)18-17-32(43)22-33(44)23-37(45)46/h3-16,19-21,24-25,32-33,43-44H,17-18,22-23H2,1-2H3,(H,41,47)(H,45,46)/t32-,33+/m0/s1. The number of aromatic nitrogens is 1. The summed E-state index contributed by atoms with van der Waals surface area (Å²) >= 11 is 0. The molecule has 0 unspecified atom stereocenters. The van der Waals surface area contributed by atoms with Crippen LogP contribution in [-0.2, 0) is 11.3 Å². The molecule has 7 nitrogen and oxygen atoms in total. The van der Waals surface area contributed by atoms with Crippen LogP contribution < -0.4 is 5.32 Å². The minimum atomic E-state index is -1.16. The summed E-state index contributed by atoms with van der Waals surface area (Å²) in [6, 6.07) is 31.2. The summed E-state index contributed by atoms with van der Waals surface area (Å²) in [4.78, 5) is 25.0. The summed E-state index contributed by atoms with van der Waals surface area (Å²) in [5, 5.41) is 32.9. The minimum Gasteiger partial charge on any atom is -0.481 e. The van der Waals surface area contributed by atoms with Crippen molar-refractivity contribution in [2.75, 3.05) is 5.32 Å². The van der Waals surface area contributed by atoms with Crippen LogP contribution in [0.4, 0.5) is 10.1 Å². The van der Waals surface area contributed by atoms with Gasteiger partial charge >= 0.3 is 5.97 Å². The highest BCUT2D eigenvalue weighted by atomic mass is 19.1. The van der Waals surface area contributed by atoms with Gasteiger partial charge in [-0.3, -0.25) is 9.59 Å². The topological polar surface area (TPSA) is 112 Å². The minimum absolute atomic E-state index is 0.0600. The smallest absolute Gasteiger partial charge is 0.305 e. The van der Waals surface area contributed by atoms with Gasteiger partial charge in [0, 0.05) is 35.2 Å². The first kappa shape index (κ1) is 33.3. The maximum Gasteiger partial charge on any atom is 0.305 e. The molecule has 0 radical (unpaired) electrons. The Balaban J connectivity index is 1.65. The van der Waals surface area contributed by atoms with E-state index in [2.05, 4.69) is 11.4 Å². The molecule has 4 aromatic carbocycles.